The van der Waals surface area contributed by atoms with Crippen LogP contribution in [0.25, 0.3) is 11.0 Å². The van der Waals surface area contributed by atoms with Crippen LogP contribution >= 0.6 is 0 Å². The first-order valence-electron chi connectivity index (χ1n) is 5.80. The summed E-state index contributed by atoms with van der Waals surface area (Å²) in [5, 5.41) is 10.2. The number of hydrogen-bond acceptors (Lipinski definition) is 6. The van der Waals surface area contributed by atoms with Crippen LogP contribution in [0.5, 0.6) is 0 Å². The van der Waals surface area contributed by atoms with Crippen LogP contribution in [-0.2, 0) is 9.59 Å². The standard InChI is InChI=1S/C13H7N3O4Se/c17-10-7(6-20-9-4-2-1-3-8(9)10)5-14-16-13-15-11(18)12(19)21-13/h1-6H,(H,15,16,18)/b14-5+. The van der Waals surface area contributed by atoms with E-state index in [1.807, 2.05) is 0 Å². The number of benzene rings is 1. The van der Waals surface area contributed by atoms with Crippen LogP contribution in [0.2, 0.25) is 0 Å². The van der Waals surface area contributed by atoms with Crippen molar-refractivity contribution in [3.05, 3.63) is 46.3 Å². The summed E-state index contributed by atoms with van der Waals surface area (Å²) in [6.45, 7) is 0. The van der Waals surface area contributed by atoms with E-state index in [0.717, 1.165) is 0 Å². The summed E-state index contributed by atoms with van der Waals surface area (Å²) in [6.07, 6.45) is 2.52. The topological polar surface area (TPSA) is 101 Å². The van der Waals surface area contributed by atoms with E-state index in [2.05, 4.69) is 15.5 Å². The molecule has 104 valence electrons. The summed E-state index contributed by atoms with van der Waals surface area (Å²) in [4.78, 5) is 34.2. The first-order chi connectivity index (χ1) is 10.1. The van der Waals surface area contributed by atoms with E-state index in [9.17, 15) is 14.4 Å². The number of carbonyl (C=O) groups is 2. The van der Waals surface area contributed by atoms with Gasteiger partial charge < -0.3 is 0 Å². The fourth-order valence-electron chi connectivity index (χ4n) is 1.68. The summed E-state index contributed by atoms with van der Waals surface area (Å²) < 4.78 is 5.04. The Labute approximate surface area is 123 Å². The van der Waals surface area contributed by atoms with Crippen molar-refractivity contribution < 1.29 is 14.0 Å². The summed E-state index contributed by atoms with van der Waals surface area (Å²) in [5.41, 5.74) is 0.502. The zero-order chi connectivity index (χ0) is 14.8. The Kier molecular flexibility index (Phi) is 3.47. The van der Waals surface area contributed by atoms with E-state index in [-0.39, 0.29) is 15.7 Å². The number of hydrogen-bond donors (Lipinski definition) is 1. The van der Waals surface area contributed by atoms with Crippen LogP contribution in [-0.4, -0.2) is 36.5 Å². The molecule has 0 aliphatic carbocycles. The van der Waals surface area contributed by atoms with Gasteiger partial charge in [0.05, 0.1) is 0 Å². The van der Waals surface area contributed by atoms with E-state index < -0.39 is 25.5 Å². The summed E-state index contributed by atoms with van der Waals surface area (Å²) in [7, 11) is 0. The molecular formula is C13H7N3O4Se. The molecule has 1 aliphatic heterocycles. The quantitative estimate of drug-likeness (QED) is 0.353. The molecule has 1 fully saturated rings. The van der Waals surface area contributed by atoms with Gasteiger partial charge in [0.1, 0.15) is 0 Å². The van der Waals surface area contributed by atoms with Gasteiger partial charge in [-0.25, -0.2) is 0 Å². The molecule has 2 aromatic rings. The average molecular weight is 348 g/mol. The Balaban J connectivity index is 1.89. The van der Waals surface area contributed by atoms with Gasteiger partial charge in [-0.15, -0.1) is 0 Å². The molecule has 2 heterocycles. The SMILES string of the molecule is O=C1N/C(=N/N=C/c2coc3ccccc3c2=O)[Se]C1=O. The van der Waals surface area contributed by atoms with Crippen molar-refractivity contribution in [2.75, 3.05) is 0 Å². The Hall–Kier alpha value is -2.57. The first kappa shape index (κ1) is 13.4. The third-order valence-electron chi connectivity index (χ3n) is 2.65. The number of amidine groups is 1. The van der Waals surface area contributed by atoms with Crippen LogP contribution in [0.15, 0.2) is 49.9 Å². The van der Waals surface area contributed by atoms with Gasteiger partial charge in [0.15, 0.2) is 0 Å². The monoisotopic (exact) mass is 349 g/mol. The molecule has 8 heteroatoms. The number of carbonyl (C=O) groups excluding carboxylic acids is 2. The molecule has 21 heavy (non-hydrogen) atoms. The van der Waals surface area contributed by atoms with Crippen molar-refractivity contribution in [3.8, 4) is 0 Å². The summed E-state index contributed by atoms with van der Waals surface area (Å²) in [5.74, 6) is -0.672. The third kappa shape index (κ3) is 2.67. The maximum absolute atomic E-state index is 12.1. The molecule has 1 N–H and O–H groups in total. The fourth-order valence-corrected chi connectivity index (χ4v) is 2.83. The molecule has 1 aliphatic rings. The Morgan fingerprint density at radius 2 is 2.00 bits per heavy atom. The van der Waals surface area contributed by atoms with E-state index in [1.54, 1.807) is 24.3 Å². The molecule has 1 amide bonds. The van der Waals surface area contributed by atoms with Crippen LogP contribution in [0.4, 0.5) is 0 Å². The molecule has 1 aromatic carbocycles. The molecule has 0 bridgehead atoms. The Morgan fingerprint density at radius 1 is 1.19 bits per heavy atom. The van der Waals surface area contributed by atoms with Crippen molar-refractivity contribution in [1.29, 1.82) is 0 Å². The van der Waals surface area contributed by atoms with Gasteiger partial charge in [0.2, 0.25) is 0 Å². The normalized spacial score (nSPS) is 17.0. The summed E-state index contributed by atoms with van der Waals surface area (Å²) >= 11 is -0.678. The second-order valence-corrected chi connectivity index (χ2v) is 6.03. The van der Waals surface area contributed by atoms with Gasteiger partial charge in [-0.2, -0.15) is 0 Å². The van der Waals surface area contributed by atoms with Crippen molar-refractivity contribution in [1.82, 2.24) is 5.32 Å². The number of amides is 1. The molecule has 0 spiro atoms. The van der Waals surface area contributed by atoms with Crippen molar-refractivity contribution in [2.24, 2.45) is 10.2 Å². The predicted octanol–water partition coefficient (Wildman–Crippen LogP) is -0.157. The van der Waals surface area contributed by atoms with Gasteiger partial charge in [0, 0.05) is 0 Å². The van der Waals surface area contributed by atoms with Crippen molar-refractivity contribution in [2.45, 2.75) is 0 Å². The zero-order valence-electron chi connectivity index (χ0n) is 10.4. The minimum atomic E-state index is -0.678. The van der Waals surface area contributed by atoms with Crippen molar-refractivity contribution in [3.63, 3.8) is 0 Å². The number of fused-ring (bicyclic) bond motifs is 1. The number of para-hydroxylation sites is 1. The van der Waals surface area contributed by atoms with Gasteiger partial charge in [0.25, 0.3) is 0 Å². The molecule has 1 saturated heterocycles. The Morgan fingerprint density at radius 3 is 2.76 bits per heavy atom. The van der Waals surface area contributed by atoms with Crippen LogP contribution < -0.4 is 10.7 Å². The summed E-state index contributed by atoms with van der Waals surface area (Å²) in [6, 6.07) is 6.86. The van der Waals surface area contributed by atoms with E-state index in [0.29, 0.717) is 11.0 Å². The van der Waals surface area contributed by atoms with Gasteiger partial charge in [-0.1, -0.05) is 0 Å². The minimum absolute atomic E-state index is 0.221. The number of nitrogens with one attached hydrogen (secondary N) is 1. The molecule has 0 saturated carbocycles. The number of rotatable bonds is 2. The average Bonchev–Trinajstić information content (AvgIpc) is 2.80. The van der Waals surface area contributed by atoms with Crippen molar-refractivity contribution >= 4 is 47.5 Å². The molecule has 7 nitrogen and oxygen atoms in total. The zero-order valence-corrected chi connectivity index (χ0v) is 12.1. The first-order valence-corrected chi connectivity index (χ1v) is 7.51. The predicted molar refractivity (Wildman–Crippen MR) is 76.4 cm³/mol. The third-order valence-corrected chi connectivity index (χ3v) is 4.22. The molecule has 0 atom stereocenters. The van der Waals surface area contributed by atoms with Gasteiger partial charge >= 0.3 is 123 Å². The van der Waals surface area contributed by atoms with E-state index >= 15 is 0 Å². The van der Waals surface area contributed by atoms with E-state index in [4.69, 9.17) is 4.42 Å². The second-order valence-electron chi connectivity index (χ2n) is 4.01. The van der Waals surface area contributed by atoms with Crippen LogP contribution in [0.1, 0.15) is 5.56 Å². The fraction of sp³-hybridized carbons (Fsp3) is 0. The van der Waals surface area contributed by atoms with Gasteiger partial charge in [-0.3, -0.25) is 0 Å². The Bertz CT molecular complexity index is 851. The molecular weight excluding hydrogens is 341 g/mol. The van der Waals surface area contributed by atoms with Gasteiger partial charge in [-0.05, 0) is 0 Å². The number of nitrogens with zero attached hydrogens (tertiary/aromatic N) is 2. The molecule has 0 unspecified atom stereocenters. The second kappa shape index (κ2) is 5.43. The molecule has 3 rings (SSSR count). The van der Waals surface area contributed by atoms with Crippen LogP contribution in [0, 0.1) is 0 Å². The molecule has 1 aromatic heterocycles. The molecule has 0 radical (unpaired) electrons. The van der Waals surface area contributed by atoms with E-state index in [1.165, 1.54) is 12.5 Å². The van der Waals surface area contributed by atoms with Crippen LogP contribution in [0.3, 0.4) is 0 Å². The maximum atomic E-state index is 12.1.